The number of amides is 2. The molecule has 25 heavy (non-hydrogen) atoms. The lowest BCUT2D eigenvalue weighted by Crippen LogP contribution is -2.37. The van der Waals surface area contributed by atoms with Gasteiger partial charge in [0, 0.05) is 25.7 Å². The third kappa shape index (κ3) is 3.31. The number of rotatable bonds is 4. The van der Waals surface area contributed by atoms with Crippen molar-refractivity contribution in [2.75, 3.05) is 13.1 Å². The average molecular weight is 355 g/mol. The SMILES string of the molecule is O=C1C[C@@H](C(=O)N2CCC[C@@H]2c2ccsc2)CN1Cc1ccccn1. The van der Waals surface area contributed by atoms with Gasteiger partial charge in [0.25, 0.3) is 0 Å². The van der Waals surface area contributed by atoms with Gasteiger partial charge < -0.3 is 9.80 Å². The number of likely N-dealkylation sites (tertiary alicyclic amines) is 2. The molecule has 0 spiro atoms. The summed E-state index contributed by atoms with van der Waals surface area (Å²) in [5, 5.41) is 4.19. The Bertz CT molecular complexity index is 747. The van der Waals surface area contributed by atoms with Crippen LogP contribution in [0.15, 0.2) is 41.2 Å². The number of hydrogen-bond donors (Lipinski definition) is 0. The molecule has 0 aromatic carbocycles. The lowest BCUT2D eigenvalue weighted by molar-refractivity contribution is -0.136. The summed E-state index contributed by atoms with van der Waals surface area (Å²) < 4.78 is 0. The molecule has 130 valence electrons. The monoisotopic (exact) mass is 355 g/mol. The van der Waals surface area contributed by atoms with Gasteiger partial charge in [0.15, 0.2) is 0 Å². The van der Waals surface area contributed by atoms with Crippen LogP contribution in [0.25, 0.3) is 0 Å². The van der Waals surface area contributed by atoms with Gasteiger partial charge in [-0.3, -0.25) is 14.6 Å². The van der Waals surface area contributed by atoms with Crippen molar-refractivity contribution in [3.63, 3.8) is 0 Å². The largest absolute Gasteiger partial charge is 0.336 e. The first-order valence-corrected chi connectivity index (χ1v) is 9.67. The maximum Gasteiger partial charge on any atom is 0.228 e. The van der Waals surface area contributed by atoms with Crippen LogP contribution in [0.1, 0.15) is 36.6 Å². The van der Waals surface area contributed by atoms with E-state index < -0.39 is 0 Å². The number of hydrogen-bond acceptors (Lipinski definition) is 4. The molecule has 5 nitrogen and oxygen atoms in total. The van der Waals surface area contributed by atoms with Crippen LogP contribution < -0.4 is 0 Å². The Hall–Kier alpha value is -2.21. The Kier molecular flexibility index (Phi) is 4.53. The maximum absolute atomic E-state index is 13.0. The van der Waals surface area contributed by atoms with Gasteiger partial charge in [0.05, 0.1) is 24.2 Å². The second-order valence-electron chi connectivity index (χ2n) is 6.74. The molecule has 0 saturated carbocycles. The number of carbonyl (C=O) groups excluding carboxylic acids is 2. The fraction of sp³-hybridized carbons (Fsp3) is 0.421. The number of aromatic nitrogens is 1. The van der Waals surface area contributed by atoms with E-state index in [2.05, 4.69) is 21.8 Å². The molecule has 2 aromatic rings. The maximum atomic E-state index is 13.0. The normalized spacial score (nSPS) is 23.4. The van der Waals surface area contributed by atoms with Gasteiger partial charge in [-0.2, -0.15) is 11.3 Å². The van der Waals surface area contributed by atoms with Crippen molar-refractivity contribution in [3.05, 3.63) is 52.5 Å². The summed E-state index contributed by atoms with van der Waals surface area (Å²) in [4.78, 5) is 33.4. The molecule has 2 fully saturated rings. The molecule has 0 bridgehead atoms. The third-order valence-electron chi connectivity index (χ3n) is 5.11. The van der Waals surface area contributed by atoms with Gasteiger partial charge >= 0.3 is 0 Å². The molecule has 0 radical (unpaired) electrons. The van der Waals surface area contributed by atoms with Gasteiger partial charge in [0.2, 0.25) is 11.8 Å². The molecule has 4 rings (SSSR count). The summed E-state index contributed by atoms with van der Waals surface area (Å²) in [5.74, 6) is -0.0451. The van der Waals surface area contributed by atoms with Gasteiger partial charge in [-0.15, -0.1) is 0 Å². The lowest BCUT2D eigenvalue weighted by Gasteiger charge is -2.27. The van der Waals surface area contributed by atoms with E-state index >= 15 is 0 Å². The highest BCUT2D eigenvalue weighted by Crippen LogP contribution is 2.35. The summed E-state index contributed by atoms with van der Waals surface area (Å²) in [6.45, 7) is 1.78. The Morgan fingerprint density at radius 2 is 2.24 bits per heavy atom. The summed E-state index contributed by atoms with van der Waals surface area (Å²) in [6, 6.07) is 7.98. The molecule has 0 unspecified atom stereocenters. The van der Waals surface area contributed by atoms with E-state index in [0.717, 1.165) is 25.1 Å². The summed E-state index contributed by atoms with van der Waals surface area (Å²) >= 11 is 1.67. The second-order valence-corrected chi connectivity index (χ2v) is 7.52. The fourth-order valence-electron chi connectivity index (χ4n) is 3.85. The highest BCUT2D eigenvalue weighted by Gasteiger charge is 2.40. The topological polar surface area (TPSA) is 53.5 Å². The predicted molar refractivity (Wildman–Crippen MR) is 95.8 cm³/mol. The molecular formula is C19H21N3O2S. The first-order chi connectivity index (χ1) is 12.2. The molecule has 2 aliphatic rings. The van der Waals surface area contributed by atoms with Crippen molar-refractivity contribution in [2.24, 2.45) is 5.92 Å². The van der Waals surface area contributed by atoms with Crippen LogP contribution >= 0.6 is 11.3 Å². The zero-order valence-electron chi connectivity index (χ0n) is 14.0. The highest BCUT2D eigenvalue weighted by atomic mass is 32.1. The molecule has 6 heteroatoms. The molecule has 0 aliphatic carbocycles. The molecule has 2 atom stereocenters. The van der Waals surface area contributed by atoms with Crippen molar-refractivity contribution in [1.82, 2.24) is 14.8 Å². The molecule has 0 N–H and O–H groups in total. The first kappa shape index (κ1) is 16.3. The van der Waals surface area contributed by atoms with Crippen LogP contribution in [0.3, 0.4) is 0 Å². The van der Waals surface area contributed by atoms with E-state index in [1.807, 2.05) is 23.1 Å². The van der Waals surface area contributed by atoms with Crippen molar-refractivity contribution < 1.29 is 9.59 Å². The van der Waals surface area contributed by atoms with Crippen LogP contribution in [-0.4, -0.2) is 39.7 Å². The Balaban J connectivity index is 1.43. The minimum absolute atomic E-state index is 0.0512. The minimum atomic E-state index is -0.226. The van der Waals surface area contributed by atoms with E-state index in [9.17, 15) is 9.59 Å². The van der Waals surface area contributed by atoms with Gasteiger partial charge in [-0.25, -0.2) is 0 Å². The highest BCUT2D eigenvalue weighted by molar-refractivity contribution is 7.08. The van der Waals surface area contributed by atoms with Crippen molar-refractivity contribution in [1.29, 1.82) is 0 Å². The number of thiophene rings is 1. The number of pyridine rings is 1. The smallest absolute Gasteiger partial charge is 0.228 e. The molecule has 2 aliphatic heterocycles. The summed E-state index contributed by atoms with van der Waals surface area (Å²) in [6.07, 6.45) is 4.10. The lowest BCUT2D eigenvalue weighted by atomic mass is 10.0. The van der Waals surface area contributed by atoms with E-state index in [1.165, 1.54) is 5.56 Å². The Labute approximate surface area is 151 Å². The van der Waals surface area contributed by atoms with E-state index in [1.54, 1.807) is 22.4 Å². The quantitative estimate of drug-likeness (QED) is 0.847. The zero-order chi connectivity index (χ0) is 17.2. The molecule has 2 saturated heterocycles. The Morgan fingerprint density at radius 3 is 3.00 bits per heavy atom. The van der Waals surface area contributed by atoms with Crippen LogP contribution in [0.5, 0.6) is 0 Å². The van der Waals surface area contributed by atoms with Crippen LogP contribution in [-0.2, 0) is 16.1 Å². The van der Waals surface area contributed by atoms with E-state index in [-0.39, 0.29) is 23.8 Å². The van der Waals surface area contributed by atoms with Gasteiger partial charge in [0.1, 0.15) is 0 Å². The summed E-state index contributed by atoms with van der Waals surface area (Å²) in [5.41, 5.74) is 2.09. The zero-order valence-corrected chi connectivity index (χ0v) is 14.8. The standard InChI is InChI=1S/C19H21N3O2S/c23-18-10-15(11-21(18)12-16-4-1-2-7-20-16)19(24)22-8-3-5-17(22)14-6-9-25-13-14/h1-2,4,6-7,9,13,15,17H,3,5,8,10-12H2/t15-,17-/m1/s1. The van der Waals surface area contributed by atoms with Crippen LogP contribution in [0.2, 0.25) is 0 Å². The third-order valence-corrected chi connectivity index (χ3v) is 5.81. The van der Waals surface area contributed by atoms with Gasteiger partial charge in [-0.05, 0) is 47.4 Å². The Morgan fingerprint density at radius 1 is 1.32 bits per heavy atom. The molecule has 2 aromatic heterocycles. The fourth-order valence-corrected chi connectivity index (χ4v) is 4.56. The average Bonchev–Trinajstić information content (AvgIpc) is 3.36. The van der Waals surface area contributed by atoms with E-state index in [4.69, 9.17) is 0 Å². The predicted octanol–water partition coefficient (Wildman–Crippen LogP) is 2.86. The first-order valence-electron chi connectivity index (χ1n) is 8.72. The van der Waals surface area contributed by atoms with Crippen LogP contribution in [0.4, 0.5) is 0 Å². The van der Waals surface area contributed by atoms with Crippen molar-refractivity contribution in [3.8, 4) is 0 Å². The summed E-state index contributed by atoms with van der Waals surface area (Å²) in [7, 11) is 0. The molecular weight excluding hydrogens is 334 g/mol. The minimum Gasteiger partial charge on any atom is -0.336 e. The van der Waals surface area contributed by atoms with Crippen molar-refractivity contribution >= 4 is 23.2 Å². The number of carbonyl (C=O) groups is 2. The van der Waals surface area contributed by atoms with E-state index in [0.29, 0.717) is 19.5 Å². The van der Waals surface area contributed by atoms with Gasteiger partial charge in [-0.1, -0.05) is 6.07 Å². The number of nitrogens with zero attached hydrogens (tertiary/aromatic N) is 3. The molecule has 2 amide bonds. The van der Waals surface area contributed by atoms with Crippen molar-refractivity contribution in [2.45, 2.75) is 31.8 Å². The second kappa shape index (κ2) is 6.96. The van der Waals surface area contributed by atoms with Crippen LogP contribution in [0, 0.1) is 5.92 Å². The molecule has 4 heterocycles.